The molecule has 0 bridgehead atoms. The van der Waals surface area contributed by atoms with Crippen LogP contribution >= 0.6 is 11.8 Å². The summed E-state index contributed by atoms with van der Waals surface area (Å²) in [6, 6.07) is 13.5. The van der Waals surface area contributed by atoms with Gasteiger partial charge in [-0.3, -0.25) is 19.3 Å². The van der Waals surface area contributed by atoms with Crippen molar-refractivity contribution in [2.75, 3.05) is 23.8 Å². The van der Waals surface area contributed by atoms with Crippen LogP contribution in [0.1, 0.15) is 49.8 Å². The third-order valence-electron chi connectivity index (χ3n) is 6.47. The number of aryl methyl sites for hydroxylation is 1. The van der Waals surface area contributed by atoms with Gasteiger partial charge in [0.1, 0.15) is 6.54 Å². The topological polar surface area (TPSA) is 69.7 Å². The highest BCUT2D eigenvalue weighted by Crippen LogP contribution is 2.43. The molecule has 2 aromatic carbocycles. The van der Waals surface area contributed by atoms with E-state index in [1.165, 1.54) is 11.3 Å². The van der Waals surface area contributed by atoms with E-state index in [4.69, 9.17) is 0 Å². The van der Waals surface area contributed by atoms with Crippen LogP contribution in [-0.4, -0.2) is 41.1 Å². The Kier molecular flexibility index (Phi) is 6.10. The molecule has 0 aliphatic carbocycles. The molecule has 0 unspecified atom stereocenters. The summed E-state index contributed by atoms with van der Waals surface area (Å²) in [6.45, 7) is 8.35. The predicted octanol–water partition coefficient (Wildman–Crippen LogP) is 5.39. The molecule has 1 atom stereocenters. The molecule has 0 saturated carbocycles. The van der Waals surface area contributed by atoms with Gasteiger partial charge in [0.05, 0.1) is 4.91 Å². The number of anilines is 2. The molecule has 0 aromatic heterocycles. The number of imide groups is 1. The Morgan fingerprint density at radius 3 is 2.58 bits per heavy atom. The van der Waals surface area contributed by atoms with Crippen molar-refractivity contribution in [1.29, 1.82) is 0 Å². The maximum atomic E-state index is 12.9. The lowest BCUT2D eigenvalue weighted by atomic mass is 9.80. The minimum Gasteiger partial charge on any atom is -0.369 e. The number of carbonyl (C=O) groups excluding carboxylic acids is 3. The average molecular weight is 464 g/mol. The molecule has 3 amide bonds. The molecule has 172 valence electrons. The number of amides is 3. The lowest BCUT2D eigenvalue weighted by molar-refractivity contribution is -0.127. The minimum atomic E-state index is -0.437. The molecule has 7 heteroatoms. The molecule has 33 heavy (non-hydrogen) atoms. The normalized spacial score (nSPS) is 20.9. The van der Waals surface area contributed by atoms with E-state index in [0.717, 1.165) is 34.2 Å². The Bertz CT molecular complexity index is 1150. The second kappa shape index (κ2) is 8.71. The zero-order chi connectivity index (χ0) is 23.9. The molecule has 1 saturated heterocycles. The van der Waals surface area contributed by atoms with Crippen molar-refractivity contribution >= 4 is 46.3 Å². The van der Waals surface area contributed by atoms with Crippen LogP contribution in [0, 0.1) is 6.92 Å². The minimum absolute atomic E-state index is 0.0791. The van der Waals surface area contributed by atoms with Gasteiger partial charge in [-0.1, -0.05) is 30.7 Å². The highest BCUT2D eigenvalue weighted by Gasteiger charge is 2.37. The van der Waals surface area contributed by atoms with Crippen LogP contribution in [0.3, 0.4) is 0 Å². The summed E-state index contributed by atoms with van der Waals surface area (Å²) in [5.74, 6) is -0.455. The van der Waals surface area contributed by atoms with E-state index in [9.17, 15) is 14.4 Å². The van der Waals surface area contributed by atoms with Crippen molar-refractivity contribution < 1.29 is 14.4 Å². The number of nitrogens with zero attached hydrogens (tertiary/aromatic N) is 2. The Morgan fingerprint density at radius 1 is 1.18 bits per heavy atom. The third-order valence-corrected chi connectivity index (χ3v) is 7.37. The fraction of sp³-hybridized carbons (Fsp3) is 0.346. The van der Waals surface area contributed by atoms with E-state index in [-0.39, 0.29) is 12.1 Å². The summed E-state index contributed by atoms with van der Waals surface area (Å²) >= 11 is 0.873. The molecular formula is C26H29N3O3S. The summed E-state index contributed by atoms with van der Waals surface area (Å²) in [7, 11) is 2.11. The van der Waals surface area contributed by atoms with Crippen LogP contribution in [0.2, 0.25) is 0 Å². The molecular weight excluding hydrogens is 434 g/mol. The maximum absolute atomic E-state index is 12.9. The van der Waals surface area contributed by atoms with Crippen LogP contribution in [0.15, 0.2) is 47.4 Å². The molecule has 4 rings (SSSR count). The van der Waals surface area contributed by atoms with Crippen LogP contribution in [0.5, 0.6) is 0 Å². The summed E-state index contributed by atoms with van der Waals surface area (Å²) in [4.78, 5) is 41.4. The van der Waals surface area contributed by atoms with Crippen LogP contribution in [0.25, 0.3) is 6.08 Å². The van der Waals surface area contributed by atoms with Crippen LogP contribution in [0.4, 0.5) is 16.2 Å². The first-order valence-corrected chi connectivity index (χ1v) is 11.9. The number of hydrogen-bond acceptors (Lipinski definition) is 5. The Balaban J connectivity index is 1.49. The lowest BCUT2D eigenvalue weighted by Crippen LogP contribution is -2.45. The Labute approximate surface area is 199 Å². The van der Waals surface area contributed by atoms with E-state index < -0.39 is 17.1 Å². The number of hydrogen-bond donors (Lipinski definition) is 1. The third kappa shape index (κ3) is 4.69. The SMILES string of the molecule is Cc1ccc(NC(=O)CN2C(=O)S/C(=C\c3ccc4c(c3)[C@@H](C)CC(C)(C)N4C)C2=O)cc1. The number of thioether (sulfide) groups is 1. The largest absolute Gasteiger partial charge is 0.369 e. The monoisotopic (exact) mass is 463 g/mol. The number of benzene rings is 2. The van der Waals surface area contributed by atoms with Gasteiger partial charge in [-0.15, -0.1) is 0 Å². The molecule has 2 heterocycles. The molecule has 0 spiro atoms. The van der Waals surface area contributed by atoms with Crippen molar-refractivity contribution in [3.63, 3.8) is 0 Å². The van der Waals surface area contributed by atoms with Gasteiger partial charge in [0.15, 0.2) is 0 Å². The van der Waals surface area contributed by atoms with Gasteiger partial charge < -0.3 is 10.2 Å². The summed E-state index contributed by atoms with van der Waals surface area (Å²) in [5.41, 5.74) is 5.10. The van der Waals surface area contributed by atoms with Crippen molar-refractivity contribution in [3.8, 4) is 0 Å². The predicted molar refractivity (Wildman–Crippen MR) is 134 cm³/mol. The number of nitrogens with one attached hydrogen (secondary N) is 1. The van der Waals surface area contributed by atoms with Gasteiger partial charge in [-0.05, 0) is 86.3 Å². The van der Waals surface area contributed by atoms with E-state index in [0.29, 0.717) is 16.5 Å². The first kappa shape index (κ1) is 23.1. The van der Waals surface area contributed by atoms with E-state index in [2.05, 4.69) is 50.2 Å². The van der Waals surface area contributed by atoms with Gasteiger partial charge in [0.25, 0.3) is 11.1 Å². The first-order chi connectivity index (χ1) is 15.5. The van der Waals surface area contributed by atoms with Gasteiger partial charge in [0, 0.05) is 24.0 Å². The second-order valence-electron chi connectivity index (χ2n) is 9.48. The quantitative estimate of drug-likeness (QED) is 0.616. The highest BCUT2D eigenvalue weighted by molar-refractivity contribution is 8.18. The molecule has 0 radical (unpaired) electrons. The highest BCUT2D eigenvalue weighted by atomic mass is 32.2. The standard InChI is InChI=1S/C26H29N3O3S/c1-16-6-9-19(10-7-16)27-23(30)15-29-24(31)22(33-25(29)32)13-18-8-11-21-20(12-18)17(2)14-26(3,4)28(21)5/h6-13,17H,14-15H2,1-5H3,(H,27,30)/b22-13-/t17-/m0/s1. The Hall–Kier alpha value is -3.06. The van der Waals surface area contributed by atoms with Crippen LogP contribution in [-0.2, 0) is 9.59 Å². The first-order valence-electron chi connectivity index (χ1n) is 11.0. The number of fused-ring (bicyclic) bond motifs is 1. The smallest absolute Gasteiger partial charge is 0.294 e. The molecule has 1 N–H and O–H groups in total. The number of rotatable bonds is 4. The van der Waals surface area contributed by atoms with Gasteiger partial charge in [0.2, 0.25) is 5.91 Å². The van der Waals surface area contributed by atoms with Gasteiger partial charge >= 0.3 is 0 Å². The summed E-state index contributed by atoms with van der Waals surface area (Å²) < 4.78 is 0. The summed E-state index contributed by atoms with van der Waals surface area (Å²) in [6.07, 6.45) is 2.78. The van der Waals surface area contributed by atoms with E-state index in [1.807, 2.05) is 25.1 Å². The molecule has 2 aliphatic rings. The second-order valence-corrected chi connectivity index (χ2v) is 10.5. The Morgan fingerprint density at radius 2 is 1.88 bits per heavy atom. The maximum Gasteiger partial charge on any atom is 0.294 e. The molecule has 2 aliphatic heterocycles. The fourth-order valence-electron chi connectivity index (χ4n) is 4.45. The van der Waals surface area contributed by atoms with Crippen molar-refractivity contribution in [2.24, 2.45) is 0 Å². The zero-order valence-electron chi connectivity index (χ0n) is 19.6. The fourth-order valence-corrected chi connectivity index (χ4v) is 5.29. The lowest BCUT2D eigenvalue weighted by Gasteiger charge is -2.45. The average Bonchev–Trinajstić information content (AvgIpc) is 3.01. The zero-order valence-corrected chi connectivity index (χ0v) is 20.5. The van der Waals surface area contributed by atoms with Crippen molar-refractivity contribution in [1.82, 2.24) is 4.90 Å². The van der Waals surface area contributed by atoms with Gasteiger partial charge in [-0.2, -0.15) is 0 Å². The molecule has 1 fully saturated rings. The van der Waals surface area contributed by atoms with E-state index in [1.54, 1.807) is 18.2 Å². The van der Waals surface area contributed by atoms with Gasteiger partial charge in [-0.25, -0.2) is 0 Å². The number of carbonyl (C=O) groups is 3. The van der Waals surface area contributed by atoms with Crippen molar-refractivity contribution in [3.05, 3.63) is 64.1 Å². The van der Waals surface area contributed by atoms with E-state index >= 15 is 0 Å². The van der Waals surface area contributed by atoms with Crippen LogP contribution < -0.4 is 10.2 Å². The molecule has 6 nitrogen and oxygen atoms in total. The summed E-state index contributed by atoms with van der Waals surface area (Å²) in [5, 5.41) is 2.30. The molecule has 2 aromatic rings. The van der Waals surface area contributed by atoms with Crippen molar-refractivity contribution in [2.45, 2.75) is 45.6 Å².